The van der Waals surface area contributed by atoms with Gasteiger partial charge in [-0.15, -0.1) is 0 Å². The highest BCUT2D eigenvalue weighted by atomic mass is 16.5. The van der Waals surface area contributed by atoms with Crippen molar-refractivity contribution in [2.24, 2.45) is 5.41 Å². The fourth-order valence-electron chi connectivity index (χ4n) is 1.77. The Morgan fingerprint density at radius 3 is 2.40 bits per heavy atom. The zero-order valence-corrected chi connectivity index (χ0v) is 12.0. The average molecular weight is 275 g/mol. The van der Waals surface area contributed by atoms with Gasteiger partial charge in [-0.25, -0.2) is 4.79 Å². The van der Waals surface area contributed by atoms with Gasteiger partial charge in [-0.2, -0.15) is 5.26 Å². The van der Waals surface area contributed by atoms with Crippen molar-refractivity contribution < 1.29 is 9.53 Å². The van der Waals surface area contributed by atoms with Crippen LogP contribution in [-0.4, -0.2) is 12.6 Å². The Kier molecular flexibility index (Phi) is 5.39. The first-order valence-electron chi connectivity index (χ1n) is 6.58. The second-order valence-electron chi connectivity index (χ2n) is 5.48. The van der Waals surface area contributed by atoms with E-state index < -0.39 is 5.97 Å². The van der Waals surface area contributed by atoms with Gasteiger partial charge < -0.3 is 16.2 Å². The highest BCUT2D eigenvalue weighted by Crippen LogP contribution is 2.21. The SMILES string of the molecule is CC(C)(C#N)CCCCOC(=O)c1cc(N)cc(N)c1. The van der Waals surface area contributed by atoms with Gasteiger partial charge in [-0.05, 0) is 51.3 Å². The number of nitrogen functional groups attached to an aromatic ring is 2. The summed E-state index contributed by atoms with van der Waals surface area (Å²) in [4.78, 5) is 11.8. The Bertz CT molecular complexity index is 498. The van der Waals surface area contributed by atoms with Crippen molar-refractivity contribution in [2.45, 2.75) is 33.1 Å². The third-order valence-electron chi connectivity index (χ3n) is 2.95. The number of nitrogens with two attached hydrogens (primary N) is 2. The number of ether oxygens (including phenoxy) is 1. The Labute approximate surface area is 119 Å². The monoisotopic (exact) mass is 275 g/mol. The van der Waals surface area contributed by atoms with E-state index in [9.17, 15) is 4.79 Å². The van der Waals surface area contributed by atoms with Gasteiger partial charge in [0.05, 0.1) is 23.7 Å². The third-order valence-corrected chi connectivity index (χ3v) is 2.95. The molecule has 0 aliphatic carbocycles. The molecule has 20 heavy (non-hydrogen) atoms. The maximum atomic E-state index is 11.8. The number of nitriles is 1. The summed E-state index contributed by atoms with van der Waals surface area (Å²) in [6.07, 6.45) is 2.35. The second kappa shape index (κ2) is 6.80. The molecule has 0 heterocycles. The molecule has 5 heteroatoms. The van der Waals surface area contributed by atoms with E-state index in [2.05, 4.69) is 6.07 Å². The summed E-state index contributed by atoms with van der Waals surface area (Å²) in [6, 6.07) is 6.91. The molecule has 1 aromatic rings. The van der Waals surface area contributed by atoms with Gasteiger partial charge in [-0.3, -0.25) is 0 Å². The van der Waals surface area contributed by atoms with E-state index in [4.69, 9.17) is 21.5 Å². The van der Waals surface area contributed by atoms with E-state index in [0.717, 1.165) is 19.3 Å². The topological polar surface area (TPSA) is 102 Å². The van der Waals surface area contributed by atoms with Crippen molar-refractivity contribution in [2.75, 3.05) is 18.1 Å². The van der Waals surface area contributed by atoms with Crippen molar-refractivity contribution in [1.82, 2.24) is 0 Å². The lowest BCUT2D eigenvalue weighted by atomic mass is 9.89. The van der Waals surface area contributed by atoms with Crippen molar-refractivity contribution in [3.63, 3.8) is 0 Å². The number of hydrogen-bond donors (Lipinski definition) is 2. The normalized spacial score (nSPS) is 10.8. The molecule has 0 aliphatic rings. The molecule has 0 bridgehead atoms. The number of benzene rings is 1. The van der Waals surface area contributed by atoms with Crippen molar-refractivity contribution >= 4 is 17.3 Å². The molecule has 0 unspecified atom stereocenters. The summed E-state index contributed by atoms with van der Waals surface area (Å²) in [5.74, 6) is -0.427. The number of anilines is 2. The largest absolute Gasteiger partial charge is 0.462 e. The Morgan fingerprint density at radius 1 is 1.25 bits per heavy atom. The average Bonchev–Trinajstić information content (AvgIpc) is 2.37. The van der Waals surface area contributed by atoms with Gasteiger partial charge in [0.25, 0.3) is 0 Å². The van der Waals surface area contributed by atoms with Crippen LogP contribution < -0.4 is 11.5 Å². The summed E-state index contributed by atoms with van der Waals surface area (Å²) in [6.45, 7) is 4.12. The minimum absolute atomic E-state index is 0.327. The van der Waals surface area contributed by atoms with Crippen LogP contribution in [0.25, 0.3) is 0 Å². The fraction of sp³-hybridized carbons (Fsp3) is 0.467. The van der Waals surface area contributed by atoms with Crippen molar-refractivity contribution in [3.8, 4) is 6.07 Å². The van der Waals surface area contributed by atoms with E-state index in [0.29, 0.717) is 23.5 Å². The first-order valence-corrected chi connectivity index (χ1v) is 6.58. The molecule has 0 fully saturated rings. The van der Waals surface area contributed by atoms with E-state index >= 15 is 0 Å². The summed E-state index contributed by atoms with van der Waals surface area (Å²) in [5, 5.41) is 8.88. The van der Waals surface area contributed by atoms with Crippen LogP contribution in [-0.2, 0) is 4.74 Å². The third kappa shape index (κ3) is 5.19. The van der Waals surface area contributed by atoms with Crippen LogP contribution >= 0.6 is 0 Å². The van der Waals surface area contributed by atoms with Crippen molar-refractivity contribution in [1.29, 1.82) is 5.26 Å². The zero-order valence-electron chi connectivity index (χ0n) is 12.0. The predicted molar refractivity (Wildman–Crippen MR) is 78.8 cm³/mol. The Hall–Kier alpha value is -2.22. The van der Waals surface area contributed by atoms with Crippen molar-refractivity contribution in [3.05, 3.63) is 23.8 Å². The quantitative estimate of drug-likeness (QED) is 0.472. The molecule has 4 N–H and O–H groups in total. The van der Waals surface area contributed by atoms with Gasteiger partial charge in [0.2, 0.25) is 0 Å². The van der Waals surface area contributed by atoms with Crippen LogP contribution in [0.3, 0.4) is 0 Å². The first-order chi connectivity index (χ1) is 9.34. The molecule has 0 saturated carbocycles. The second-order valence-corrected chi connectivity index (χ2v) is 5.48. The van der Waals surface area contributed by atoms with Crippen LogP contribution in [0.1, 0.15) is 43.5 Å². The summed E-state index contributed by atoms with van der Waals surface area (Å²) in [7, 11) is 0. The predicted octanol–water partition coefficient (Wildman–Crippen LogP) is 2.73. The number of rotatable bonds is 6. The van der Waals surface area contributed by atoms with Crippen LogP contribution in [0.4, 0.5) is 11.4 Å². The first kappa shape index (κ1) is 15.8. The zero-order chi connectivity index (χ0) is 15.2. The lowest BCUT2D eigenvalue weighted by Gasteiger charge is -2.14. The number of hydrogen-bond acceptors (Lipinski definition) is 5. The Morgan fingerprint density at radius 2 is 1.85 bits per heavy atom. The summed E-state index contributed by atoms with van der Waals surface area (Å²) >= 11 is 0. The van der Waals surface area contributed by atoms with Crippen LogP contribution in [0, 0.1) is 16.7 Å². The lowest BCUT2D eigenvalue weighted by molar-refractivity contribution is 0.0496. The molecule has 0 amide bonds. The fourth-order valence-corrected chi connectivity index (χ4v) is 1.77. The maximum Gasteiger partial charge on any atom is 0.338 e. The molecular formula is C15H21N3O2. The molecule has 0 aliphatic heterocycles. The van der Waals surface area contributed by atoms with Gasteiger partial charge >= 0.3 is 5.97 Å². The summed E-state index contributed by atoms with van der Waals surface area (Å²) < 4.78 is 5.15. The minimum Gasteiger partial charge on any atom is -0.462 e. The molecule has 0 spiro atoms. The van der Waals surface area contributed by atoms with E-state index in [1.54, 1.807) is 6.07 Å². The molecule has 0 saturated heterocycles. The number of nitrogens with zero attached hydrogens (tertiary/aromatic N) is 1. The van der Waals surface area contributed by atoms with Gasteiger partial charge in [0.15, 0.2) is 0 Å². The van der Waals surface area contributed by atoms with Gasteiger partial charge in [-0.1, -0.05) is 0 Å². The molecular weight excluding hydrogens is 254 g/mol. The lowest BCUT2D eigenvalue weighted by Crippen LogP contribution is -2.10. The molecule has 1 rings (SSSR count). The van der Waals surface area contributed by atoms with Gasteiger partial charge in [0.1, 0.15) is 0 Å². The Balaban J connectivity index is 2.36. The minimum atomic E-state index is -0.427. The van der Waals surface area contributed by atoms with E-state index in [1.807, 2.05) is 13.8 Å². The molecule has 0 aromatic heterocycles. The molecule has 108 valence electrons. The number of esters is 1. The van der Waals surface area contributed by atoms with Crippen LogP contribution in [0.15, 0.2) is 18.2 Å². The standard InChI is InChI=1S/C15H21N3O2/c1-15(2,10-16)5-3-4-6-20-14(19)11-7-12(17)9-13(18)8-11/h7-9H,3-6,17-18H2,1-2H3. The molecule has 1 aromatic carbocycles. The van der Waals surface area contributed by atoms with E-state index in [-0.39, 0.29) is 5.41 Å². The highest BCUT2D eigenvalue weighted by molar-refractivity contribution is 5.91. The molecule has 0 radical (unpaired) electrons. The number of carbonyl (C=O) groups is 1. The molecule has 0 atom stereocenters. The molecule has 5 nitrogen and oxygen atoms in total. The van der Waals surface area contributed by atoms with Crippen LogP contribution in [0.2, 0.25) is 0 Å². The van der Waals surface area contributed by atoms with Crippen LogP contribution in [0.5, 0.6) is 0 Å². The summed E-state index contributed by atoms with van der Waals surface area (Å²) in [5.41, 5.74) is 12.1. The van der Waals surface area contributed by atoms with Gasteiger partial charge in [0, 0.05) is 11.4 Å². The maximum absolute atomic E-state index is 11.8. The highest BCUT2D eigenvalue weighted by Gasteiger charge is 2.15. The smallest absolute Gasteiger partial charge is 0.338 e. The number of unbranched alkanes of at least 4 members (excludes halogenated alkanes) is 1. The number of carbonyl (C=O) groups excluding carboxylic acids is 1. The van der Waals surface area contributed by atoms with E-state index in [1.165, 1.54) is 12.1 Å².